The minimum absolute atomic E-state index is 0. The normalized spacial score (nSPS) is 22.2. The Kier molecular flexibility index (Phi) is 5.01. The molecule has 1 N–H and O–H groups in total. The zero-order valence-corrected chi connectivity index (χ0v) is 13.4. The Hall–Kier alpha value is -1.18. The summed E-state index contributed by atoms with van der Waals surface area (Å²) in [5, 5.41) is 4.63. The van der Waals surface area contributed by atoms with Crippen LogP contribution in [0.15, 0.2) is 6.20 Å². The van der Waals surface area contributed by atoms with Crippen LogP contribution in [0, 0.1) is 0 Å². The SMILES string of the molecule is CN(C)C(=O)[C@H]1c2c(cnn2C)[C@H]2CN1C(=O)N2OS(=O)(=O)O.[NaH]. The standard InChI is InChI=1S/C11H15N5O6S.Na.H/c1-13(2)10(17)9-8-6(4-12-14(8)3)7-5-15(9)11(18)16(7)22-23(19,20)21;;/h4,7,9H,5H2,1-3H3,(H,19,20,21);;/t7-,9-;;/m1../s1. The number of carbonyl (C=O) groups is 2. The Balaban J connectivity index is 0.00000208. The first-order valence-electron chi connectivity index (χ1n) is 6.61. The van der Waals surface area contributed by atoms with Crippen molar-refractivity contribution in [3.63, 3.8) is 0 Å². The molecule has 0 saturated carbocycles. The van der Waals surface area contributed by atoms with E-state index in [0.717, 1.165) is 0 Å². The van der Waals surface area contributed by atoms with E-state index in [-0.39, 0.29) is 42.0 Å². The van der Waals surface area contributed by atoms with Crippen molar-refractivity contribution in [1.82, 2.24) is 24.6 Å². The van der Waals surface area contributed by atoms with Crippen molar-refractivity contribution in [3.8, 4) is 0 Å². The summed E-state index contributed by atoms with van der Waals surface area (Å²) < 4.78 is 36.7. The predicted molar refractivity (Wildman–Crippen MR) is 81.1 cm³/mol. The van der Waals surface area contributed by atoms with E-state index in [1.54, 1.807) is 21.1 Å². The number of hydrogen-bond donors (Lipinski definition) is 1. The molecule has 0 radical (unpaired) electrons. The molecule has 3 amide bonds. The maximum atomic E-state index is 12.5. The molecule has 0 spiro atoms. The maximum absolute atomic E-state index is 12.5. The average molecular weight is 369 g/mol. The molecule has 1 aromatic heterocycles. The van der Waals surface area contributed by atoms with Crippen LogP contribution in [0.2, 0.25) is 0 Å². The Bertz CT molecular complexity index is 793. The number of aryl methyl sites for hydroxylation is 1. The van der Waals surface area contributed by atoms with Gasteiger partial charge in [0.2, 0.25) is 0 Å². The molecule has 0 unspecified atom stereocenters. The molecule has 0 aromatic carbocycles. The molecular weight excluding hydrogens is 353 g/mol. The van der Waals surface area contributed by atoms with Gasteiger partial charge in [-0.2, -0.15) is 18.6 Å². The summed E-state index contributed by atoms with van der Waals surface area (Å²) in [4.78, 5) is 27.5. The Morgan fingerprint density at radius 2 is 2.08 bits per heavy atom. The zero-order chi connectivity index (χ0) is 17.1. The summed E-state index contributed by atoms with van der Waals surface area (Å²) in [7, 11) is -0.143. The van der Waals surface area contributed by atoms with Gasteiger partial charge in [-0.1, -0.05) is 0 Å². The Morgan fingerprint density at radius 1 is 1.46 bits per heavy atom. The first kappa shape index (κ1) is 19.1. The van der Waals surface area contributed by atoms with E-state index in [0.29, 0.717) is 16.3 Å². The van der Waals surface area contributed by atoms with Crippen LogP contribution in [0.1, 0.15) is 23.3 Å². The quantitative estimate of drug-likeness (QED) is 0.504. The second kappa shape index (κ2) is 6.28. The Morgan fingerprint density at radius 3 is 2.62 bits per heavy atom. The van der Waals surface area contributed by atoms with E-state index in [4.69, 9.17) is 4.55 Å². The van der Waals surface area contributed by atoms with Gasteiger partial charge in [-0.25, -0.2) is 4.79 Å². The van der Waals surface area contributed by atoms with E-state index in [2.05, 4.69) is 9.38 Å². The fourth-order valence-corrected chi connectivity index (χ4v) is 3.29. The van der Waals surface area contributed by atoms with Crippen molar-refractivity contribution in [2.75, 3.05) is 20.6 Å². The molecule has 11 nitrogen and oxygen atoms in total. The number of hydroxylamine groups is 2. The van der Waals surface area contributed by atoms with Gasteiger partial charge in [0.1, 0.15) is 6.04 Å². The van der Waals surface area contributed by atoms with Crippen molar-refractivity contribution < 1.29 is 26.8 Å². The fourth-order valence-electron chi connectivity index (χ4n) is 2.92. The van der Waals surface area contributed by atoms with Crippen molar-refractivity contribution in [3.05, 3.63) is 17.5 Å². The van der Waals surface area contributed by atoms with Crippen LogP contribution in [0.5, 0.6) is 0 Å². The second-order valence-electron chi connectivity index (χ2n) is 5.52. The topological polar surface area (TPSA) is 125 Å². The van der Waals surface area contributed by atoms with Crippen LogP contribution in [0.25, 0.3) is 0 Å². The van der Waals surface area contributed by atoms with Gasteiger partial charge >= 0.3 is 46.0 Å². The Labute approximate surface area is 160 Å². The van der Waals surface area contributed by atoms with Crippen molar-refractivity contribution in [2.45, 2.75) is 12.1 Å². The van der Waals surface area contributed by atoms with E-state index < -0.39 is 28.5 Å². The summed E-state index contributed by atoms with van der Waals surface area (Å²) in [6.07, 6.45) is 1.45. The molecule has 2 bridgehead atoms. The molecule has 3 heterocycles. The first-order chi connectivity index (χ1) is 10.6. The molecule has 24 heavy (non-hydrogen) atoms. The van der Waals surface area contributed by atoms with Crippen LogP contribution >= 0.6 is 0 Å². The summed E-state index contributed by atoms with van der Waals surface area (Å²) >= 11 is 0. The molecule has 13 heteroatoms. The minimum atomic E-state index is -4.87. The number of rotatable bonds is 3. The second-order valence-corrected chi connectivity index (χ2v) is 6.53. The monoisotopic (exact) mass is 369 g/mol. The van der Waals surface area contributed by atoms with Gasteiger partial charge in [-0.15, -0.1) is 4.28 Å². The molecule has 128 valence electrons. The van der Waals surface area contributed by atoms with Gasteiger partial charge in [0.25, 0.3) is 5.91 Å². The number of carbonyl (C=O) groups excluding carboxylic acids is 2. The van der Waals surface area contributed by atoms with E-state index in [1.807, 2.05) is 0 Å². The first-order valence-corrected chi connectivity index (χ1v) is 7.98. The van der Waals surface area contributed by atoms with Gasteiger partial charge < -0.3 is 9.80 Å². The third-order valence-electron chi connectivity index (χ3n) is 3.88. The fraction of sp³-hybridized carbons (Fsp3) is 0.545. The summed E-state index contributed by atoms with van der Waals surface area (Å²) in [5.74, 6) is -0.352. The molecule has 0 aliphatic carbocycles. The van der Waals surface area contributed by atoms with E-state index >= 15 is 0 Å². The summed E-state index contributed by atoms with van der Waals surface area (Å²) in [6.45, 7) is 0.0529. The summed E-state index contributed by atoms with van der Waals surface area (Å²) in [5.41, 5.74) is 0.980. The number of likely N-dealkylation sites (N-methyl/N-ethyl adjacent to an activating group) is 1. The van der Waals surface area contributed by atoms with Crippen LogP contribution in [-0.2, 0) is 26.5 Å². The van der Waals surface area contributed by atoms with Crippen LogP contribution < -0.4 is 0 Å². The van der Waals surface area contributed by atoms with Crippen LogP contribution in [0.3, 0.4) is 0 Å². The van der Waals surface area contributed by atoms with Crippen LogP contribution in [0.4, 0.5) is 4.79 Å². The van der Waals surface area contributed by atoms with Crippen molar-refractivity contribution in [1.29, 1.82) is 0 Å². The molecule has 1 fully saturated rings. The molecule has 2 aliphatic heterocycles. The number of fused-ring (bicyclic) bond motifs is 4. The number of nitrogens with zero attached hydrogens (tertiary/aromatic N) is 5. The number of hydrogen-bond acceptors (Lipinski definition) is 6. The third-order valence-corrected chi connectivity index (χ3v) is 4.23. The molecule has 2 atom stereocenters. The number of aromatic nitrogens is 2. The number of urea groups is 1. The molecule has 3 rings (SSSR count). The van der Waals surface area contributed by atoms with Crippen molar-refractivity contribution >= 4 is 51.9 Å². The summed E-state index contributed by atoms with van der Waals surface area (Å²) in [6, 6.07) is -2.53. The predicted octanol–water partition coefficient (Wildman–Crippen LogP) is -1.57. The van der Waals surface area contributed by atoms with Crippen molar-refractivity contribution in [2.24, 2.45) is 7.05 Å². The van der Waals surface area contributed by atoms with Gasteiger partial charge in [-0.3, -0.25) is 14.0 Å². The zero-order valence-electron chi connectivity index (χ0n) is 12.6. The molecule has 1 saturated heterocycles. The van der Waals surface area contributed by atoms with Gasteiger partial charge in [0, 0.05) is 26.7 Å². The molecule has 1 aromatic rings. The van der Waals surface area contributed by atoms with E-state index in [1.165, 1.54) is 20.7 Å². The van der Waals surface area contributed by atoms with Crippen LogP contribution in [-0.4, -0.2) is 99.7 Å². The van der Waals surface area contributed by atoms with Gasteiger partial charge in [-0.05, 0) is 0 Å². The number of amides is 3. The molecular formula is C11H16N5NaO6S. The van der Waals surface area contributed by atoms with Gasteiger partial charge in [0.15, 0.2) is 6.04 Å². The average Bonchev–Trinajstić information content (AvgIpc) is 2.93. The van der Waals surface area contributed by atoms with E-state index in [9.17, 15) is 18.0 Å². The molecule has 2 aliphatic rings. The third kappa shape index (κ3) is 2.93. The van der Waals surface area contributed by atoms with Gasteiger partial charge in [0.05, 0.1) is 18.4 Å².